The third kappa shape index (κ3) is 8.08. The van der Waals surface area contributed by atoms with E-state index in [1.165, 1.54) is 12.8 Å². The molecule has 3 N–H and O–H groups in total. The normalized spacial score (nSPS) is 11.9. The Kier molecular flexibility index (Phi) is 8.29. The molecule has 0 heterocycles. The fourth-order valence-corrected chi connectivity index (χ4v) is 1.15. The van der Waals surface area contributed by atoms with Crippen molar-refractivity contribution in [3.63, 3.8) is 0 Å². The van der Waals surface area contributed by atoms with Crippen molar-refractivity contribution in [2.24, 2.45) is 5.92 Å². The van der Waals surface area contributed by atoms with Gasteiger partial charge in [-0.05, 0) is 6.42 Å². The number of rotatable bonds is 8. The number of urea groups is 1. The van der Waals surface area contributed by atoms with Gasteiger partial charge in [0, 0.05) is 13.1 Å². The molecule has 5 nitrogen and oxygen atoms in total. The van der Waals surface area contributed by atoms with E-state index in [1.807, 2.05) is 0 Å². The Morgan fingerprint density at radius 2 is 1.88 bits per heavy atom. The first-order valence-electron chi connectivity index (χ1n) is 5.82. The zero-order chi connectivity index (χ0) is 12.4. The van der Waals surface area contributed by atoms with Crippen LogP contribution >= 0.6 is 0 Å². The smallest absolute Gasteiger partial charge is 0.314 e. The molecule has 0 aromatic rings. The lowest BCUT2D eigenvalue weighted by Gasteiger charge is -2.09. The molecule has 0 radical (unpaired) electrons. The van der Waals surface area contributed by atoms with Crippen molar-refractivity contribution in [1.29, 1.82) is 0 Å². The lowest BCUT2D eigenvalue weighted by molar-refractivity contribution is -0.140. The molecule has 94 valence electrons. The molecule has 0 aliphatic rings. The van der Waals surface area contributed by atoms with E-state index >= 15 is 0 Å². The molecule has 5 heteroatoms. The number of unbranched alkanes of at least 4 members (excludes halogenated alkanes) is 3. The van der Waals surface area contributed by atoms with Gasteiger partial charge in [-0.1, -0.05) is 33.1 Å². The molecule has 0 aromatic heterocycles. The molecular formula is C11H22N2O3. The second kappa shape index (κ2) is 9.00. The van der Waals surface area contributed by atoms with E-state index in [-0.39, 0.29) is 12.6 Å². The fourth-order valence-electron chi connectivity index (χ4n) is 1.15. The van der Waals surface area contributed by atoms with Gasteiger partial charge in [0.05, 0.1) is 5.92 Å². The third-order valence-corrected chi connectivity index (χ3v) is 2.31. The number of carboxylic acid groups (broad SMARTS) is 1. The van der Waals surface area contributed by atoms with Gasteiger partial charge in [0.1, 0.15) is 0 Å². The average molecular weight is 230 g/mol. The van der Waals surface area contributed by atoms with Crippen LogP contribution in [-0.4, -0.2) is 30.2 Å². The van der Waals surface area contributed by atoms with Crippen LogP contribution in [0.15, 0.2) is 0 Å². The highest BCUT2D eigenvalue weighted by atomic mass is 16.4. The second-order valence-electron chi connectivity index (χ2n) is 3.94. The molecule has 16 heavy (non-hydrogen) atoms. The van der Waals surface area contributed by atoms with Gasteiger partial charge in [-0.25, -0.2) is 4.79 Å². The molecule has 1 unspecified atom stereocenters. The molecule has 0 aromatic carbocycles. The lowest BCUT2D eigenvalue weighted by atomic mass is 10.2. The molecule has 0 aliphatic carbocycles. The molecule has 0 bridgehead atoms. The maximum atomic E-state index is 11.2. The summed E-state index contributed by atoms with van der Waals surface area (Å²) in [5.74, 6) is -1.45. The minimum atomic E-state index is -0.900. The van der Waals surface area contributed by atoms with Gasteiger partial charge in [0.25, 0.3) is 0 Å². The van der Waals surface area contributed by atoms with E-state index in [0.717, 1.165) is 12.8 Å². The molecule has 0 saturated heterocycles. The van der Waals surface area contributed by atoms with Crippen molar-refractivity contribution in [3.8, 4) is 0 Å². The SMILES string of the molecule is CCCCCCNC(=O)NCC(C)C(=O)O. The second-order valence-corrected chi connectivity index (χ2v) is 3.94. The predicted molar refractivity (Wildman–Crippen MR) is 62.3 cm³/mol. The van der Waals surface area contributed by atoms with Crippen molar-refractivity contribution < 1.29 is 14.7 Å². The minimum Gasteiger partial charge on any atom is -0.481 e. The summed E-state index contributed by atoms with van der Waals surface area (Å²) in [7, 11) is 0. The fraction of sp³-hybridized carbons (Fsp3) is 0.818. The van der Waals surface area contributed by atoms with E-state index in [9.17, 15) is 9.59 Å². The molecule has 0 saturated carbocycles. The van der Waals surface area contributed by atoms with Gasteiger partial charge in [-0.2, -0.15) is 0 Å². The zero-order valence-corrected chi connectivity index (χ0v) is 10.1. The molecule has 0 aliphatic heterocycles. The van der Waals surface area contributed by atoms with Crippen LogP contribution in [0.25, 0.3) is 0 Å². The van der Waals surface area contributed by atoms with E-state index in [2.05, 4.69) is 17.6 Å². The van der Waals surface area contributed by atoms with Crippen LogP contribution in [0.3, 0.4) is 0 Å². The molecular weight excluding hydrogens is 208 g/mol. The first kappa shape index (κ1) is 14.7. The van der Waals surface area contributed by atoms with Crippen LogP contribution in [-0.2, 0) is 4.79 Å². The molecule has 0 rings (SSSR count). The quantitative estimate of drug-likeness (QED) is 0.554. The van der Waals surface area contributed by atoms with Crippen molar-refractivity contribution in [3.05, 3.63) is 0 Å². The number of aliphatic carboxylic acids is 1. The minimum absolute atomic E-state index is 0.163. The Morgan fingerprint density at radius 3 is 2.44 bits per heavy atom. The highest BCUT2D eigenvalue weighted by Gasteiger charge is 2.11. The summed E-state index contributed by atoms with van der Waals surface area (Å²) in [6.45, 7) is 4.50. The zero-order valence-electron chi connectivity index (χ0n) is 10.1. The monoisotopic (exact) mass is 230 g/mol. The summed E-state index contributed by atoms with van der Waals surface area (Å²) in [5, 5.41) is 13.8. The van der Waals surface area contributed by atoms with Crippen LogP contribution in [0.4, 0.5) is 4.79 Å². The molecule has 0 fully saturated rings. The highest BCUT2D eigenvalue weighted by Crippen LogP contribution is 1.96. The number of amides is 2. The lowest BCUT2D eigenvalue weighted by Crippen LogP contribution is -2.39. The summed E-state index contributed by atoms with van der Waals surface area (Å²) in [6, 6.07) is -0.287. The van der Waals surface area contributed by atoms with Gasteiger partial charge in [0.2, 0.25) is 0 Å². The maximum Gasteiger partial charge on any atom is 0.314 e. The topological polar surface area (TPSA) is 78.4 Å². The maximum absolute atomic E-state index is 11.2. The van der Waals surface area contributed by atoms with E-state index < -0.39 is 11.9 Å². The van der Waals surface area contributed by atoms with E-state index in [1.54, 1.807) is 6.92 Å². The standard InChI is InChI=1S/C11H22N2O3/c1-3-4-5-6-7-12-11(16)13-8-9(2)10(14)15/h9H,3-8H2,1-2H3,(H,14,15)(H2,12,13,16). The molecule has 0 spiro atoms. The van der Waals surface area contributed by atoms with Gasteiger partial charge < -0.3 is 15.7 Å². The van der Waals surface area contributed by atoms with E-state index in [0.29, 0.717) is 6.54 Å². The first-order valence-corrected chi connectivity index (χ1v) is 5.82. The Balaban J connectivity index is 3.41. The Hall–Kier alpha value is -1.26. The summed E-state index contributed by atoms with van der Waals surface area (Å²) >= 11 is 0. The number of carbonyl (C=O) groups is 2. The number of nitrogens with one attached hydrogen (secondary N) is 2. The summed E-state index contributed by atoms with van der Waals surface area (Å²) in [5.41, 5.74) is 0. The summed E-state index contributed by atoms with van der Waals surface area (Å²) < 4.78 is 0. The third-order valence-electron chi connectivity index (χ3n) is 2.31. The Bertz CT molecular complexity index is 219. The van der Waals surface area contributed by atoms with Gasteiger partial charge in [0.15, 0.2) is 0 Å². The van der Waals surface area contributed by atoms with E-state index in [4.69, 9.17) is 5.11 Å². The molecule has 2 amide bonds. The largest absolute Gasteiger partial charge is 0.481 e. The van der Waals surface area contributed by atoms with Crippen LogP contribution < -0.4 is 10.6 Å². The number of hydrogen-bond acceptors (Lipinski definition) is 2. The predicted octanol–water partition coefficient (Wildman–Crippen LogP) is 1.59. The van der Waals surface area contributed by atoms with Crippen LogP contribution in [0, 0.1) is 5.92 Å². The Labute approximate surface area is 96.6 Å². The van der Waals surface area contributed by atoms with Gasteiger partial charge >= 0.3 is 12.0 Å². The Morgan fingerprint density at radius 1 is 1.19 bits per heavy atom. The van der Waals surface area contributed by atoms with Crippen molar-refractivity contribution in [1.82, 2.24) is 10.6 Å². The van der Waals surface area contributed by atoms with Crippen molar-refractivity contribution in [2.45, 2.75) is 39.5 Å². The van der Waals surface area contributed by atoms with Gasteiger partial charge in [-0.3, -0.25) is 4.79 Å². The molecule has 1 atom stereocenters. The van der Waals surface area contributed by atoms with Gasteiger partial charge in [-0.15, -0.1) is 0 Å². The van der Waals surface area contributed by atoms with Crippen LogP contribution in [0.2, 0.25) is 0 Å². The summed E-state index contributed by atoms with van der Waals surface area (Å²) in [6.07, 6.45) is 4.43. The summed E-state index contributed by atoms with van der Waals surface area (Å²) in [4.78, 5) is 21.7. The van der Waals surface area contributed by atoms with Crippen LogP contribution in [0.1, 0.15) is 39.5 Å². The first-order chi connectivity index (χ1) is 7.57. The van der Waals surface area contributed by atoms with Crippen molar-refractivity contribution >= 4 is 12.0 Å². The number of carboxylic acids is 1. The average Bonchev–Trinajstić information content (AvgIpc) is 2.25. The van der Waals surface area contributed by atoms with Crippen LogP contribution in [0.5, 0.6) is 0 Å². The number of carbonyl (C=O) groups excluding carboxylic acids is 1. The van der Waals surface area contributed by atoms with Crippen molar-refractivity contribution in [2.75, 3.05) is 13.1 Å². The number of hydrogen-bond donors (Lipinski definition) is 3. The highest BCUT2D eigenvalue weighted by molar-refractivity contribution is 5.75.